The first-order chi connectivity index (χ1) is 13.7. The summed E-state index contributed by atoms with van der Waals surface area (Å²) in [5.74, 6) is 0.916. The Balaban J connectivity index is 1.77. The van der Waals surface area contributed by atoms with Crippen molar-refractivity contribution in [2.75, 3.05) is 0 Å². The molecule has 0 spiro atoms. The lowest BCUT2D eigenvalue weighted by atomic mass is 10.0. The number of hydrogen-bond donors (Lipinski definition) is 0. The fourth-order valence-electron chi connectivity index (χ4n) is 3.70. The molecule has 0 atom stereocenters. The molecule has 0 radical (unpaired) electrons. The van der Waals surface area contributed by atoms with Gasteiger partial charge in [0.25, 0.3) is 0 Å². The molecule has 28 heavy (non-hydrogen) atoms. The summed E-state index contributed by atoms with van der Waals surface area (Å²) in [5.41, 5.74) is 4.68. The van der Waals surface area contributed by atoms with Crippen molar-refractivity contribution in [3.05, 3.63) is 76.7 Å². The van der Waals surface area contributed by atoms with Crippen molar-refractivity contribution in [1.82, 2.24) is 19.5 Å². The Kier molecular flexibility index (Phi) is 3.92. The van der Waals surface area contributed by atoms with E-state index in [0.29, 0.717) is 17.3 Å². The van der Waals surface area contributed by atoms with Gasteiger partial charge in [-0.05, 0) is 54.3 Å². The average Bonchev–Trinajstić information content (AvgIpc) is 3.08. The van der Waals surface area contributed by atoms with E-state index in [0.717, 1.165) is 29.6 Å². The standard InChI is InChI=1S/C22H14ClN5/c23-21-25-20(15-7-5-6-14(12-15)13-24)26-22(27-21)28-18-10-3-1-8-16(18)17-9-2-4-11-19(17)28/h1,3-8,10-12H,2,9H2. The zero-order valence-corrected chi connectivity index (χ0v) is 15.6. The van der Waals surface area contributed by atoms with Gasteiger partial charge >= 0.3 is 0 Å². The maximum absolute atomic E-state index is 9.18. The minimum Gasteiger partial charge on any atom is -0.278 e. The molecule has 1 aliphatic rings. The first-order valence-electron chi connectivity index (χ1n) is 8.96. The van der Waals surface area contributed by atoms with Crippen LogP contribution in [0.5, 0.6) is 0 Å². The van der Waals surface area contributed by atoms with E-state index in [1.165, 1.54) is 10.9 Å². The fraction of sp³-hybridized carbons (Fsp3) is 0.0909. The summed E-state index contributed by atoms with van der Waals surface area (Å²) in [6, 6.07) is 17.5. The second-order valence-corrected chi connectivity index (χ2v) is 6.92. The van der Waals surface area contributed by atoms with Gasteiger partial charge in [-0.2, -0.15) is 20.2 Å². The average molecular weight is 384 g/mol. The molecular weight excluding hydrogens is 370 g/mol. The Morgan fingerprint density at radius 1 is 1.04 bits per heavy atom. The van der Waals surface area contributed by atoms with E-state index >= 15 is 0 Å². The summed E-state index contributed by atoms with van der Waals surface area (Å²) in [6.07, 6.45) is 6.28. The molecule has 2 aromatic carbocycles. The molecule has 6 heteroatoms. The van der Waals surface area contributed by atoms with Crippen molar-refractivity contribution in [1.29, 1.82) is 5.26 Å². The van der Waals surface area contributed by atoms with Gasteiger partial charge in [0.1, 0.15) is 0 Å². The number of rotatable bonds is 2. The van der Waals surface area contributed by atoms with Crippen molar-refractivity contribution < 1.29 is 0 Å². The highest BCUT2D eigenvalue weighted by Crippen LogP contribution is 2.33. The van der Waals surface area contributed by atoms with Crippen LogP contribution in [0.3, 0.4) is 0 Å². The quantitative estimate of drug-likeness (QED) is 0.490. The summed E-state index contributed by atoms with van der Waals surface area (Å²) in [6.45, 7) is 0. The second kappa shape index (κ2) is 6.59. The van der Waals surface area contributed by atoms with Gasteiger partial charge in [-0.25, -0.2) is 0 Å². The predicted molar refractivity (Wildman–Crippen MR) is 109 cm³/mol. The van der Waals surface area contributed by atoms with Crippen LogP contribution in [0, 0.1) is 11.3 Å². The summed E-state index contributed by atoms with van der Waals surface area (Å²) in [5, 5.41) is 10.5. The lowest BCUT2D eigenvalue weighted by Gasteiger charge is -2.11. The van der Waals surface area contributed by atoms with Gasteiger partial charge in [0.15, 0.2) is 5.82 Å². The van der Waals surface area contributed by atoms with Crippen molar-refractivity contribution in [2.45, 2.75) is 12.8 Å². The Morgan fingerprint density at radius 2 is 1.93 bits per heavy atom. The molecule has 0 unspecified atom stereocenters. The molecule has 0 amide bonds. The van der Waals surface area contributed by atoms with Crippen LogP contribution in [0.4, 0.5) is 0 Å². The van der Waals surface area contributed by atoms with Crippen molar-refractivity contribution in [3.63, 3.8) is 0 Å². The smallest absolute Gasteiger partial charge is 0.239 e. The zero-order valence-electron chi connectivity index (χ0n) is 14.8. The summed E-state index contributed by atoms with van der Waals surface area (Å²) >= 11 is 6.27. The molecule has 0 N–H and O–H groups in total. The van der Waals surface area contributed by atoms with E-state index in [-0.39, 0.29) is 5.28 Å². The van der Waals surface area contributed by atoms with Gasteiger partial charge in [-0.3, -0.25) is 4.57 Å². The SMILES string of the molecule is N#Cc1cccc(-c2nc(Cl)nc(-n3c4c(c5ccccc53)CCC=C4)n2)c1. The molecule has 2 aromatic heterocycles. The van der Waals surface area contributed by atoms with Gasteiger partial charge in [0.05, 0.1) is 22.8 Å². The van der Waals surface area contributed by atoms with E-state index in [4.69, 9.17) is 16.6 Å². The molecule has 4 aromatic rings. The number of fused-ring (bicyclic) bond motifs is 3. The maximum atomic E-state index is 9.18. The Hall–Kier alpha value is -3.49. The van der Waals surface area contributed by atoms with E-state index in [2.05, 4.69) is 40.3 Å². The zero-order chi connectivity index (χ0) is 19.1. The molecule has 0 aliphatic heterocycles. The van der Waals surface area contributed by atoms with Gasteiger partial charge in [0, 0.05) is 10.9 Å². The third kappa shape index (κ3) is 2.67. The highest BCUT2D eigenvalue weighted by Gasteiger charge is 2.20. The van der Waals surface area contributed by atoms with Crippen LogP contribution in [0.15, 0.2) is 54.6 Å². The normalized spacial score (nSPS) is 12.7. The molecule has 0 saturated heterocycles. The monoisotopic (exact) mass is 383 g/mol. The van der Waals surface area contributed by atoms with E-state index in [9.17, 15) is 5.26 Å². The summed E-state index contributed by atoms with van der Waals surface area (Å²) < 4.78 is 2.03. The molecule has 0 saturated carbocycles. The van der Waals surface area contributed by atoms with Crippen LogP contribution >= 0.6 is 11.6 Å². The minimum atomic E-state index is 0.119. The van der Waals surface area contributed by atoms with E-state index in [1.807, 2.05) is 22.8 Å². The summed E-state index contributed by atoms with van der Waals surface area (Å²) in [4.78, 5) is 13.4. The van der Waals surface area contributed by atoms with Crippen LogP contribution in [0.25, 0.3) is 34.3 Å². The van der Waals surface area contributed by atoms with Gasteiger partial charge in [-0.1, -0.05) is 36.4 Å². The van der Waals surface area contributed by atoms with Crippen LogP contribution in [-0.4, -0.2) is 19.5 Å². The lowest BCUT2D eigenvalue weighted by molar-refractivity contribution is 0.899. The number of halogens is 1. The number of aromatic nitrogens is 4. The van der Waals surface area contributed by atoms with Crippen molar-refractivity contribution >= 4 is 28.6 Å². The van der Waals surface area contributed by atoms with Gasteiger partial charge in [0.2, 0.25) is 11.2 Å². The van der Waals surface area contributed by atoms with Crippen LogP contribution in [0.1, 0.15) is 23.2 Å². The minimum absolute atomic E-state index is 0.119. The van der Waals surface area contributed by atoms with Gasteiger partial charge < -0.3 is 0 Å². The third-order valence-electron chi connectivity index (χ3n) is 4.90. The molecular formula is C22H14ClN5. The molecule has 5 rings (SSSR count). The topological polar surface area (TPSA) is 67.4 Å². The molecule has 2 heterocycles. The van der Waals surface area contributed by atoms with Gasteiger partial charge in [-0.15, -0.1) is 0 Å². The number of nitrogens with zero attached hydrogens (tertiary/aromatic N) is 5. The highest BCUT2D eigenvalue weighted by atomic mass is 35.5. The molecule has 134 valence electrons. The number of para-hydroxylation sites is 1. The number of aryl methyl sites for hydroxylation is 1. The third-order valence-corrected chi connectivity index (χ3v) is 5.07. The van der Waals surface area contributed by atoms with Crippen LogP contribution < -0.4 is 0 Å². The van der Waals surface area contributed by atoms with Crippen molar-refractivity contribution in [3.8, 4) is 23.4 Å². The first-order valence-corrected chi connectivity index (χ1v) is 9.34. The Labute approximate surface area is 166 Å². The maximum Gasteiger partial charge on any atom is 0.239 e. The fourth-order valence-corrected chi connectivity index (χ4v) is 3.85. The predicted octanol–water partition coefficient (Wildman–Crippen LogP) is 4.97. The number of benzene rings is 2. The molecule has 0 bridgehead atoms. The van der Waals surface area contributed by atoms with Crippen molar-refractivity contribution in [2.24, 2.45) is 0 Å². The van der Waals surface area contributed by atoms with E-state index < -0.39 is 0 Å². The summed E-state index contributed by atoms with van der Waals surface area (Å²) in [7, 11) is 0. The van der Waals surface area contributed by atoms with Crippen LogP contribution in [-0.2, 0) is 6.42 Å². The van der Waals surface area contributed by atoms with Crippen LogP contribution in [0.2, 0.25) is 5.28 Å². The Morgan fingerprint density at radius 3 is 2.82 bits per heavy atom. The molecule has 1 aliphatic carbocycles. The lowest BCUT2D eigenvalue weighted by Crippen LogP contribution is -2.07. The molecule has 0 fully saturated rings. The molecule has 5 nitrogen and oxygen atoms in total. The highest BCUT2D eigenvalue weighted by molar-refractivity contribution is 6.28. The number of nitriles is 1. The number of allylic oxidation sites excluding steroid dienone is 1. The first kappa shape index (κ1) is 16.7. The second-order valence-electron chi connectivity index (χ2n) is 6.58. The Bertz CT molecular complexity index is 1300. The number of hydrogen-bond acceptors (Lipinski definition) is 4. The largest absolute Gasteiger partial charge is 0.278 e. The van der Waals surface area contributed by atoms with E-state index in [1.54, 1.807) is 18.2 Å².